The van der Waals surface area contributed by atoms with E-state index in [1.807, 2.05) is 63.8 Å². The van der Waals surface area contributed by atoms with Gasteiger partial charge in [-0.05, 0) is 58.0 Å². The number of nitrogens with one attached hydrogen (secondary N) is 1. The minimum absolute atomic E-state index is 0.0740. The summed E-state index contributed by atoms with van der Waals surface area (Å²) in [6, 6.07) is 7.64. The molecular formula is C22H34N4O3S2. The summed E-state index contributed by atoms with van der Waals surface area (Å²) in [5, 5.41) is 3.95. The predicted octanol–water partition coefficient (Wildman–Crippen LogP) is 3.48. The summed E-state index contributed by atoms with van der Waals surface area (Å²) in [7, 11) is -1.98. The van der Waals surface area contributed by atoms with Gasteiger partial charge < -0.3 is 19.5 Å². The Bertz CT molecular complexity index is 984. The van der Waals surface area contributed by atoms with E-state index in [-0.39, 0.29) is 23.0 Å². The SMILES string of the molecule is COCCN(Cc1cnc(S(=O)(=O)Cc2ccccc2C)n1C(C)C)C(=S)NC(C)C. The second kappa shape index (κ2) is 11.1. The van der Waals surface area contributed by atoms with Crippen molar-refractivity contribution in [3.8, 4) is 0 Å². The number of benzene rings is 1. The third-order valence-corrected chi connectivity index (χ3v) is 6.78. The molecule has 1 aromatic heterocycles. The first-order valence-electron chi connectivity index (χ1n) is 10.4. The van der Waals surface area contributed by atoms with Crippen LogP contribution in [0.1, 0.15) is 50.6 Å². The fourth-order valence-electron chi connectivity index (χ4n) is 3.31. The van der Waals surface area contributed by atoms with E-state index in [0.717, 1.165) is 16.8 Å². The molecule has 0 fully saturated rings. The van der Waals surface area contributed by atoms with Crippen molar-refractivity contribution in [2.45, 2.75) is 64.2 Å². The van der Waals surface area contributed by atoms with E-state index in [0.29, 0.717) is 24.8 Å². The number of ether oxygens (including phenoxy) is 1. The summed E-state index contributed by atoms with van der Waals surface area (Å²) in [4.78, 5) is 6.32. The molecule has 172 valence electrons. The number of hydrogen-bond donors (Lipinski definition) is 1. The number of imidazole rings is 1. The molecule has 7 nitrogen and oxygen atoms in total. The fraction of sp³-hybridized carbons (Fsp3) is 0.545. The van der Waals surface area contributed by atoms with Gasteiger partial charge in [-0.25, -0.2) is 13.4 Å². The molecule has 0 aliphatic carbocycles. The third kappa shape index (κ3) is 6.75. The van der Waals surface area contributed by atoms with Gasteiger partial charge in [-0.3, -0.25) is 0 Å². The van der Waals surface area contributed by atoms with E-state index in [2.05, 4.69) is 10.3 Å². The smallest absolute Gasteiger partial charge is 0.228 e. The van der Waals surface area contributed by atoms with Gasteiger partial charge in [0, 0.05) is 25.7 Å². The van der Waals surface area contributed by atoms with Crippen molar-refractivity contribution in [3.63, 3.8) is 0 Å². The number of sulfone groups is 1. The van der Waals surface area contributed by atoms with Gasteiger partial charge in [-0.2, -0.15) is 0 Å². The number of rotatable bonds is 10. The number of methoxy groups -OCH3 is 1. The maximum atomic E-state index is 13.3. The van der Waals surface area contributed by atoms with Crippen LogP contribution >= 0.6 is 12.2 Å². The van der Waals surface area contributed by atoms with Crippen molar-refractivity contribution >= 4 is 27.2 Å². The number of nitrogens with zero attached hydrogens (tertiary/aromatic N) is 3. The molecule has 1 heterocycles. The van der Waals surface area contributed by atoms with Crippen molar-refractivity contribution in [1.82, 2.24) is 19.8 Å². The van der Waals surface area contributed by atoms with Crippen LogP contribution in [0.2, 0.25) is 0 Å². The van der Waals surface area contributed by atoms with Crippen LogP contribution in [0.15, 0.2) is 35.6 Å². The molecule has 31 heavy (non-hydrogen) atoms. The van der Waals surface area contributed by atoms with E-state index >= 15 is 0 Å². The second-order valence-corrected chi connectivity index (χ2v) is 10.5. The lowest BCUT2D eigenvalue weighted by molar-refractivity contribution is 0.172. The van der Waals surface area contributed by atoms with Crippen LogP contribution < -0.4 is 5.32 Å². The Kier molecular flexibility index (Phi) is 9.02. The summed E-state index contributed by atoms with van der Waals surface area (Å²) in [5.41, 5.74) is 2.53. The highest BCUT2D eigenvalue weighted by Crippen LogP contribution is 2.23. The first-order chi connectivity index (χ1) is 14.6. The molecule has 2 aromatic rings. The molecule has 0 atom stereocenters. The van der Waals surface area contributed by atoms with Crippen molar-refractivity contribution in [2.24, 2.45) is 0 Å². The fourth-order valence-corrected chi connectivity index (χ4v) is 5.40. The van der Waals surface area contributed by atoms with Gasteiger partial charge in [-0.15, -0.1) is 0 Å². The van der Waals surface area contributed by atoms with E-state index < -0.39 is 9.84 Å². The highest BCUT2D eigenvalue weighted by molar-refractivity contribution is 7.90. The van der Waals surface area contributed by atoms with Gasteiger partial charge >= 0.3 is 0 Å². The van der Waals surface area contributed by atoms with Crippen LogP contribution in [0.3, 0.4) is 0 Å². The zero-order chi connectivity index (χ0) is 23.2. The van der Waals surface area contributed by atoms with Gasteiger partial charge in [0.2, 0.25) is 15.0 Å². The first-order valence-corrected chi connectivity index (χ1v) is 12.5. The normalized spacial score (nSPS) is 11.9. The van der Waals surface area contributed by atoms with Gasteiger partial charge in [0.15, 0.2) is 5.11 Å². The molecule has 0 amide bonds. The average molecular weight is 467 g/mol. The van der Waals surface area contributed by atoms with Crippen LogP contribution in [-0.4, -0.2) is 54.3 Å². The lowest BCUT2D eigenvalue weighted by Gasteiger charge is -2.28. The molecule has 0 saturated carbocycles. The van der Waals surface area contributed by atoms with Crippen molar-refractivity contribution in [1.29, 1.82) is 0 Å². The summed E-state index contributed by atoms with van der Waals surface area (Å²) < 4.78 is 33.6. The number of aryl methyl sites for hydroxylation is 1. The topological polar surface area (TPSA) is 76.5 Å². The molecule has 0 aliphatic rings. The standard InChI is InChI=1S/C22H34N4O3S2/c1-16(2)24-21(30)25(11-12-29-6)14-20-13-23-22(26(20)17(3)4)31(27,28)15-19-10-8-7-9-18(19)5/h7-10,13,16-17H,11-12,14-15H2,1-6H3,(H,24,30). The van der Waals surface area contributed by atoms with E-state index in [4.69, 9.17) is 17.0 Å². The molecule has 1 N–H and O–H groups in total. The minimum atomic E-state index is -3.62. The lowest BCUT2D eigenvalue weighted by Crippen LogP contribution is -2.44. The van der Waals surface area contributed by atoms with E-state index in [9.17, 15) is 8.42 Å². The number of thiocarbonyl (C=S) groups is 1. The maximum Gasteiger partial charge on any atom is 0.228 e. The second-order valence-electron chi connectivity index (χ2n) is 8.20. The van der Waals surface area contributed by atoms with Gasteiger partial charge in [0.1, 0.15) is 0 Å². The van der Waals surface area contributed by atoms with Crippen LogP contribution in [-0.2, 0) is 26.9 Å². The molecular weight excluding hydrogens is 432 g/mol. The van der Waals surface area contributed by atoms with Gasteiger partial charge in [0.25, 0.3) is 0 Å². The molecule has 0 radical (unpaired) electrons. The zero-order valence-corrected chi connectivity index (χ0v) is 20.9. The molecule has 0 bridgehead atoms. The molecule has 0 saturated heterocycles. The zero-order valence-electron chi connectivity index (χ0n) is 19.3. The Balaban J connectivity index is 2.37. The Morgan fingerprint density at radius 3 is 2.52 bits per heavy atom. The van der Waals surface area contributed by atoms with Crippen LogP contribution in [0, 0.1) is 6.92 Å². The van der Waals surface area contributed by atoms with Crippen LogP contribution in [0.5, 0.6) is 0 Å². The summed E-state index contributed by atoms with van der Waals surface area (Å²) >= 11 is 5.57. The van der Waals surface area contributed by atoms with Crippen LogP contribution in [0.4, 0.5) is 0 Å². The number of aromatic nitrogens is 2. The van der Waals surface area contributed by atoms with Crippen LogP contribution in [0.25, 0.3) is 0 Å². The predicted molar refractivity (Wildman–Crippen MR) is 128 cm³/mol. The Hall–Kier alpha value is -1.97. The molecule has 0 spiro atoms. The highest BCUT2D eigenvalue weighted by Gasteiger charge is 2.27. The lowest BCUT2D eigenvalue weighted by atomic mass is 10.1. The molecule has 1 aromatic carbocycles. The number of hydrogen-bond acceptors (Lipinski definition) is 5. The quantitative estimate of drug-likeness (QED) is 0.537. The van der Waals surface area contributed by atoms with E-state index in [1.165, 1.54) is 0 Å². The molecule has 9 heteroatoms. The monoisotopic (exact) mass is 466 g/mol. The molecule has 2 rings (SSSR count). The Morgan fingerprint density at radius 1 is 1.26 bits per heavy atom. The highest BCUT2D eigenvalue weighted by atomic mass is 32.2. The Labute approximate surface area is 191 Å². The van der Waals surface area contributed by atoms with Crippen molar-refractivity contribution in [3.05, 3.63) is 47.3 Å². The average Bonchev–Trinajstić information content (AvgIpc) is 3.11. The molecule has 0 unspecified atom stereocenters. The largest absolute Gasteiger partial charge is 0.383 e. The third-order valence-electron chi connectivity index (χ3n) is 4.86. The summed E-state index contributed by atoms with van der Waals surface area (Å²) in [6.45, 7) is 11.4. The first kappa shape index (κ1) is 25.3. The minimum Gasteiger partial charge on any atom is -0.383 e. The Morgan fingerprint density at radius 2 is 1.94 bits per heavy atom. The summed E-state index contributed by atoms with van der Waals surface area (Å²) in [5.74, 6) is -0.0798. The maximum absolute atomic E-state index is 13.3. The molecule has 0 aliphatic heterocycles. The van der Waals surface area contributed by atoms with Gasteiger partial charge in [-0.1, -0.05) is 24.3 Å². The van der Waals surface area contributed by atoms with Crippen molar-refractivity contribution < 1.29 is 13.2 Å². The summed E-state index contributed by atoms with van der Waals surface area (Å²) in [6.07, 6.45) is 1.64. The van der Waals surface area contributed by atoms with Crippen molar-refractivity contribution in [2.75, 3.05) is 20.3 Å². The van der Waals surface area contributed by atoms with Gasteiger partial charge in [0.05, 0.1) is 30.8 Å². The van der Waals surface area contributed by atoms with E-state index in [1.54, 1.807) is 17.9 Å².